The largest absolute Gasteiger partial charge is 0.390 e. The highest BCUT2D eigenvalue weighted by Gasteiger charge is 2.66. The van der Waals surface area contributed by atoms with Crippen molar-refractivity contribution in [2.75, 3.05) is 13.7 Å². The third-order valence-electron chi connectivity index (χ3n) is 47.6. The lowest BCUT2D eigenvalue weighted by Gasteiger charge is -2.57. The van der Waals surface area contributed by atoms with Gasteiger partial charge in [0.05, 0.1) is 44.0 Å². The maximum atomic E-state index is 13.4. The number of nitrogens with zero attached hydrogens (tertiary/aromatic N) is 16. The number of aromatic nitrogens is 16. The summed E-state index contributed by atoms with van der Waals surface area (Å²) >= 11 is 5.63. The molecule has 4 heterocycles. The number of hydrogen-bond donors (Lipinski definition) is 5. The molecule has 5 N–H and O–H groups in total. The third kappa shape index (κ3) is 20.1. The van der Waals surface area contributed by atoms with Crippen LogP contribution in [-0.4, -0.2) is 155 Å². The van der Waals surface area contributed by atoms with E-state index in [1.165, 1.54) is 259 Å². The summed E-state index contributed by atoms with van der Waals surface area (Å²) in [6, 6.07) is 0. The molecule has 20 saturated carbocycles. The monoisotopic (exact) mass is 2010 g/mol. The summed E-state index contributed by atoms with van der Waals surface area (Å²) in [7, 11) is 1.71. The van der Waals surface area contributed by atoms with E-state index in [-0.39, 0.29) is 17.8 Å². The molecular weight excluding hydrogens is 1830 g/mol. The minimum absolute atomic E-state index is 0.265. The molecule has 0 unspecified atom stereocenters. The Morgan fingerprint density at radius 2 is 0.731 bits per heavy atom. The van der Waals surface area contributed by atoms with Crippen LogP contribution in [0.4, 0.5) is 8.78 Å². The van der Waals surface area contributed by atoms with Crippen LogP contribution in [-0.2, 0) is 30.9 Å². The Hall–Kier alpha value is -6.25. The fourth-order valence-corrected chi connectivity index (χ4v) is 41.4. The predicted octanol–water partition coefficient (Wildman–Crippen LogP) is 22.9. The average molecular weight is 2010 g/mol. The Morgan fingerprint density at radius 1 is 0.386 bits per heavy atom. The van der Waals surface area contributed by atoms with Crippen molar-refractivity contribution in [2.24, 2.45) is 205 Å². The molecule has 0 aromatic carbocycles. The third-order valence-corrected chi connectivity index (χ3v) is 47.7. The number of rotatable bonds is 16. The number of methoxy groups -OCH3 is 1. The molecule has 0 amide bonds. The number of hydrogen-bond acceptors (Lipinski definition) is 18. The zero-order chi connectivity index (χ0) is 101. The van der Waals surface area contributed by atoms with Gasteiger partial charge in [0.1, 0.15) is 16.8 Å². The Labute approximate surface area is 869 Å². The molecule has 4 aromatic rings. The predicted molar refractivity (Wildman–Crippen MR) is 558 cm³/mol. The Balaban J connectivity index is 0.000000107. The lowest BCUT2D eigenvalue weighted by atomic mass is 9.48. The number of halogens is 3. The Kier molecular flexibility index (Phi) is 29.8. The van der Waals surface area contributed by atoms with Crippen LogP contribution in [0.25, 0.3) is 0 Å². The van der Waals surface area contributed by atoms with Crippen molar-refractivity contribution in [2.45, 2.75) is 404 Å². The SMILES string of the molecule is C=C(C)[C@H]1CC[C@H]2[C@@H]3CC=C4C[C@@](C)(O)CC[C@@H]4[C@H]3CC[C@]12C.C=C(Cn1ncnn1)[C@H]1CC[C@H]2[C@@H]3CC[C@H]4C[C@](O)(C#CC5CC5)CC[C@@H]4[C@H]3CC[C@]12C.C=C(Cn1ncnn1)[C@H]1CC[C@H]2[C@@H]3CC[C@H]4C[C@](O)(C#CCl)CC[C@@H]4[C@H]3CC[C@]12C.C=C(Cn1ncnn1)[C@H]1CC[C@H]2[C@@H]3CC[C@H]4C[C@](O)(C(F)F)CC[C@@H]4[C@H]3CC[C@]12C.C=C(Cn1ncnn1)[C@H]1CC[C@H]2[C@@H]3CC[C@H]4C[C@](O)(COC)CC[C@@H]4[C@H]3CC[C@]12C. The van der Waals surface area contributed by atoms with Gasteiger partial charge in [-0.15, -0.1) is 40.8 Å². The number of tetrazole rings is 4. The van der Waals surface area contributed by atoms with Gasteiger partial charge in [-0.1, -0.05) is 125 Å². The fourth-order valence-electron chi connectivity index (χ4n) is 41.2. The van der Waals surface area contributed by atoms with Crippen LogP contribution in [0.1, 0.15) is 344 Å². The molecule has 21 aliphatic rings. The van der Waals surface area contributed by atoms with Crippen LogP contribution in [0.2, 0.25) is 0 Å². The van der Waals surface area contributed by atoms with Crippen LogP contribution in [0, 0.1) is 228 Å². The standard InChI is InChI=1S/C27H38N4O.C24H33ClN4O.C24H38N4O2.C23H34F2N4O.C22H34O/c1-18(16-31-29-17-28-30-31)24-7-8-25-23-6-5-20-15-27(32,13-9-19-3-4-19)14-11-21(20)22(23)10-12-26(24,25)2;1-16(14-29-27-15-26-28-29)21-5-6-22-20-4-3-17-13-24(30,11-12-25)10-8-18(17)19(20)7-9-23(21,22)2;1-16(13-28-26-15-25-27-28)21-6-7-22-20-5-4-17-12-24(29,14-30-3)11-9-18(17)19(20)8-10-23(21,22)2;1-14(12-29-27-13-26-28-29)19-5-6-20-18-4-3-15-11-23(30,21(24)25)10-8-16(15)17(18)7-9-22(19,20)2;1-14(2)19-7-8-20-18-6-5-15-13-21(3,23)11-9-16(15)17(18)10-12-22(19,20)4/h17,19-25,32H,1,3-8,10-12,14-16H2,2H3;15,17-22,30H,1,3-10,13-14H2,2H3;15,17-22,29H,1,4-14H2,2-3H3;13,15-21,30H,1,3-12H2,2H3;5,16-20,23H,1,6-13H2,2-4H3/t20-,21-,22+,23+,24+,25-,26+,27-;17-,18-,19+,20+,21+,22-,23+,24+;17-,18-,19+,20+,21+,22-,23+,24-;15-,16-,17+,18+,19+,20-,22+,23-;16-,17+,18+,19+,20-,21-,22+/m00000/s1. The van der Waals surface area contributed by atoms with E-state index in [0.717, 1.165) is 178 Å². The van der Waals surface area contributed by atoms with Gasteiger partial charge in [-0.25, -0.2) is 8.78 Å². The van der Waals surface area contributed by atoms with E-state index in [9.17, 15) is 34.3 Å². The molecule has 25 heteroatoms. The second-order valence-corrected chi connectivity index (χ2v) is 54.8. The first-order valence-corrected chi connectivity index (χ1v) is 58.8. The molecule has 0 aliphatic heterocycles. The lowest BCUT2D eigenvalue weighted by molar-refractivity contribution is -0.159. The minimum Gasteiger partial charge on any atom is -0.390 e. The minimum atomic E-state index is -2.62. The molecule has 0 radical (unpaired) electrons. The van der Waals surface area contributed by atoms with Crippen molar-refractivity contribution in [1.82, 2.24) is 80.8 Å². The molecule has 0 spiro atoms. The van der Waals surface area contributed by atoms with Crippen molar-refractivity contribution >= 4 is 11.6 Å². The van der Waals surface area contributed by atoms with E-state index >= 15 is 0 Å². The molecule has 0 bridgehead atoms. The van der Waals surface area contributed by atoms with Crippen LogP contribution < -0.4 is 0 Å². The molecule has 39 atom stereocenters. The number of ether oxygens (including phenoxy) is 1. The molecule has 4 aromatic heterocycles. The summed E-state index contributed by atoms with van der Waals surface area (Å²) in [5.41, 5.74) is 5.62. The van der Waals surface area contributed by atoms with Crippen molar-refractivity contribution in [3.05, 3.63) is 97.7 Å². The first-order valence-electron chi connectivity index (χ1n) is 58.4. The van der Waals surface area contributed by atoms with Crippen LogP contribution in [0.15, 0.2) is 97.7 Å². The summed E-state index contributed by atoms with van der Waals surface area (Å²) in [5.74, 6) is 31.3. The van der Waals surface area contributed by atoms with Gasteiger partial charge in [0.2, 0.25) is 0 Å². The summed E-state index contributed by atoms with van der Waals surface area (Å²) in [5, 5.41) is 105. The fraction of sp³-hybridized carbons (Fsp3) is 0.833. The van der Waals surface area contributed by atoms with Crippen molar-refractivity contribution in [3.8, 4) is 23.1 Å². The Bertz CT molecular complexity index is 5400. The summed E-state index contributed by atoms with van der Waals surface area (Å²) < 4.78 is 32.1. The van der Waals surface area contributed by atoms with Gasteiger partial charge >= 0.3 is 0 Å². The molecule has 145 heavy (non-hydrogen) atoms. The lowest BCUT2D eigenvalue weighted by Crippen LogP contribution is -2.52. The second-order valence-electron chi connectivity index (χ2n) is 54.6. The van der Waals surface area contributed by atoms with Gasteiger partial charge < -0.3 is 30.3 Å². The van der Waals surface area contributed by atoms with Crippen LogP contribution >= 0.6 is 11.6 Å². The van der Waals surface area contributed by atoms with E-state index in [4.69, 9.17) is 16.3 Å². The first-order chi connectivity index (χ1) is 69.5. The molecular formula is C120H177ClF2N16O6. The smallest absolute Gasteiger partial charge is 0.266 e. The van der Waals surface area contributed by atoms with Crippen LogP contribution in [0.3, 0.4) is 0 Å². The summed E-state index contributed by atoms with van der Waals surface area (Å²) in [6.07, 6.45) is 59.0. The molecule has 21 aliphatic carbocycles. The number of aliphatic hydroxyl groups is 5. The topological polar surface area (TPSA) is 285 Å². The number of alkyl halides is 2. The van der Waals surface area contributed by atoms with E-state index in [0.29, 0.717) is 132 Å². The highest BCUT2D eigenvalue weighted by molar-refractivity contribution is 6.30. The van der Waals surface area contributed by atoms with Crippen molar-refractivity contribution in [1.29, 1.82) is 0 Å². The van der Waals surface area contributed by atoms with E-state index in [2.05, 4.69) is 165 Å². The van der Waals surface area contributed by atoms with Gasteiger partial charge in [0.15, 0.2) is 25.3 Å². The van der Waals surface area contributed by atoms with Gasteiger partial charge in [-0.2, -0.15) is 19.2 Å². The van der Waals surface area contributed by atoms with Crippen molar-refractivity contribution in [3.63, 3.8) is 0 Å². The zero-order valence-electron chi connectivity index (χ0n) is 89.3. The number of allylic oxidation sites excluding steroid dienone is 6. The number of fused-ring (bicyclic) bond motifs is 25. The van der Waals surface area contributed by atoms with E-state index < -0.39 is 34.4 Å². The molecule has 22 nitrogen and oxygen atoms in total. The summed E-state index contributed by atoms with van der Waals surface area (Å²) in [6.45, 7) is 42.4. The van der Waals surface area contributed by atoms with Crippen LogP contribution in [0.5, 0.6) is 0 Å². The molecule has 0 saturated heterocycles. The van der Waals surface area contributed by atoms with Gasteiger partial charge in [-0.05, 0) is 540 Å². The normalized spacial score (nSPS) is 46.4. The highest BCUT2D eigenvalue weighted by atomic mass is 35.5. The molecule has 25 rings (SSSR count). The van der Waals surface area contributed by atoms with E-state index in [1.807, 2.05) is 6.92 Å². The van der Waals surface area contributed by atoms with Crippen molar-refractivity contribution < 1.29 is 39.1 Å². The second kappa shape index (κ2) is 41.3. The quantitative estimate of drug-likeness (QED) is 0.0515. The van der Waals surface area contributed by atoms with Gasteiger partial charge in [-0.3, -0.25) is 0 Å². The first kappa shape index (κ1) is 104. The molecule has 20 fully saturated rings. The maximum Gasteiger partial charge on any atom is 0.266 e. The average Bonchev–Trinajstić information content (AvgIpc) is 1.64. The zero-order valence-corrected chi connectivity index (χ0v) is 90.1. The highest BCUT2D eigenvalue weighted by Crippen LogP contribution is 2.73. The molecule has 794 valence electrons. The maximum absolute atomic E-state index is 13.4. The summed E-state index contributed by atoms with van der Waals surface area (Å²) in [4.78, 5) is 6.66. The van der Waals surface area contributed by atoms with Gasteiger partial charge in [0.25, 0.3) is 6.43 Å². The van der Waals surface area contributed by atoms with Gasteiger partial charge in [0, 0.05) is 18.4 Å². The Morgan fingerprint density at radius 3 is 1.10 bits per heavy atom. The van der Waals surface area contributed by atoms with E-state index in [1.54, 1.807) is 31.9 Å².